The second-order valence-corrected chi connectivity index (χ2v) is 10.7. The first-order valence-corrected chi connectivity index (χ1v) is 15.2. The second-order valence-electron chi connectivity index (χ2n) is 9.65. The number of aliphatic hydroxyl groups is 3. The zero-order valence-corrected chi connectivity index (χ0v) is 23.6. The first kappa shape index (κ1) is 35.1. The average molecular weight is 573 g/mol. The molecular weight excluding hydrogens is 524 g/mol. The van der Waals surface area contributed by atoms with Gasteiger partial charge in [-0.3, -0.25) is 9.35 Å². The van der Waals surface area contributed by atoms with Gasteiger partial charge in [-0.2, -0.15) is 8.42 Å². The lowest BCUT2D eigenvalue weighted by molar-refractivity contribution is -0.301. The van der Waals surface area contributed by atoms with Crippen LogP contribution in [0.15, 0.2) is 0 Å². The maximum atomic E-state index is 12.0. The molecule has 6 unspecified atom stereocenters. The highest BCUT2D eigenvalue weighted by Gasteiger charge is 2.48. The van der Waals surface area contributed by atoms with Crippen LogP contribution in [-0.2, 0) is 38.3 Å². The van der Waals surface area contributed by atoms with E-state index in [4.69, 9.17) is 23.5 Å². The largest absolute Gasteiger partial charge is 0.457 e. The van der Waals surface area contributed by atoms with E-state index in [2.05, 4.69) is 11.1 Å². The van der Waals surface area contributed by atoms with Crippen molar-refractivity contribution in [2.75, 3.05) is 26.4 Å². The Balaban J connectivity index is 2.50. The van der Waals surface area contributed by atoms with E-state index in [1.54, 1.807) is 0 Å². The number of carbonyl (C=O) groups is 1. The second kappa shape index (κ2) is 20.0. The van der Waals surface area contributed by atoms with Crippen molar-refractivity contribution in [3.63, 3.8) is 0 Å². The molecule has 12 nitrogen and oxygen atoms in total. The summed E-state index contributed by atoms with van der Waals surface area (Å²) in [6.07, 6.45) is 3.51. The predicted octanol–water partition coefficient (Wildman–Crippen LogP) is 2.28. The Morgan fingerprint density at radius 3 is 2.05 bits per heavy atom. The minimum atomic E-state index is -5.03. The predicted molar refractivity (Wildman–Crippen MR) is 138 cm³/mol. The number of rotatable bonds is 22. The monoisotopic (exact) mass is 572 g/mol. The molecule has 13 heteroatoms. The van der Waals surface area contributed by atoms with Crippen LogP contribution in [0.3, 0.4) is 0 Å². The molecule has 0 aliphatic carbocycles. The van der Waals surface area contributed by atoms with Crippen molar-refractivity contribution in [1.29, 1.82) is 0 Å². The fraction of sp³-hybridized carbons (Fsp3) is 0.960. The number of ether oxygens (including phenoxy) is 4. The Bertz CT molecular complexity index is 719. The van der Waals surface area contributed by atoms with Crippen molar-refractivity contribution in [1.82, 2.24) is 0 Å². The Hall–Kier alpha value is -0.900. The van der Waals surface area contributed by atoms with Crippen molar-refractivity contribution in [3.05, 3.63) is 0 Å². The molecule has 1 saturated heterocycles. The molecule has 0 radical (unpaired) electrons. The molecule has 38 heavy (non-hydrogen) atoms. The molecule has 0 spiro atoms. The van der Waals surface area contributed by atoms with Crippen LogP contribution in [0, 0.1) is 0 Å². The topological polar surface area (TPSA) is 178 Å². The van der Waals surface area contributed by atoms with Crippen molar-refractivity contribution < 1.29 is 56.2 Å². The molecule has 1 aliphatic heterocycles. The lowest BCUT2D eigenvalue weighted by Gasteiger charge is -2.41. The molecule has 0 bridgehead atoms. The van der Waals surface area contributed by atoms with Crippen molar-refractivity contribution in [3.8, 4) is 0 Å². The quantitative estimate of drug-likeness (QED) is 0.0846. The van der Waals surface area contributed by atoms with Gasteiger partial charge in [0.25, 0.3) is 0 Å². The van der Waals surface area contributed by atoms with E-state index in [1.807, 2.05) is 6.92 Å². The number of esters is 1. The number of unbranched alkanes of at least 4 members (excludes halogenated alkanes) is 9. The van der Waals surface area contributed by atoms with E-state index < -0.39 is 59.8 Å². The van der Waals surface area contributed by atoms with E-state index in [1.165, 1.54) is 44.9 Å². The third-order valence-electron chi connectivity index (χ3n) is 6.20. The van der Waals surface area contributed by atoms with E-state index in [-0.39, 0.29) is 19.6 Å². The van der Waals surface area contributed by atoms with E-state index in [9.17, 15) is 28.5 Å². The Kier molecular flexibility index (Phi) is 18.5. The minimum Gasteiger partial charge on any atom is -0.457 e. The summed E-state index contributed by atoms with van der Waals surface area (Å²) in [4.78, 5) is 12.0. The third-order valence-corrected chi connectivity index (χ3v) is 6.66. The SMILES string of the molecule is CCCCCCCCCCCCOCC(COC1OC(CO)C(O)C(OS(=O)(=O)O)C1O)OC(=O)CCC. The lowest BCUT2D eigenvalue weighted by Crippen LogP contribution is -2.60. The van der Waals surface area contributed by atoms with Crippen LogP contribution in [0.1, 0.15) is 90.9 Å². The highest BCUT2D eigenvalue weighted by atomic mass is 32.3. The van der Waals surface area contributed by atoms with Crippen LogP contribution >= 0.6 is 0 Å². The van der Waals surface area contributed by atoms with Crippen LogP contribution in [0.2, 0.25) is 0 Å². The van der Waals surface area contributed by atoms with Crippen molar-refractivity contribution >= 4 is 16.4 Å². The smallest absolute Gasteiger partial charge is 0.397 e. The highest BCUT2D eigenvalue weighted by molar-refractivity contribution is 7.80. The van der Waals surface area contributed by atoms with Crippen LogP contribution in [0.25, 0.3) is 0 Å². The Labute approximate surface area is 226 Å². The number of hydrogen-bond donors (Lipinski definition) is 4. The fourth-order valence-electron chi connectivity index (χ4n) is 4.12. The molecule has 1 fully saturated rings. The van der Waals surface area contributed by atoms with Gasteiger partial charge in [0.15, 0.2) is 6.29 Å². The van der Waals surface area contributed by atoms with Crippen molar-refractivity contribution in [2.24, 2.45) is 0 Å². The molecule has 0 saturated carbocycles. The average Bonchev–Trinajstić information content (AvgIpc) is 2.86. The van der Waals surface area contributed by atoms with Crippen LogP contribution in [-0.4, -0.2) is 97.5 Å². The maximum Gasteiger partial charge on any atom is 0.397 e. The molecule has 226 valence electrons. The lowest BCUT2D eigenvalue weighted by atomic mass is 9.99. The van der Waals surface area contributed by atoms with Crippen LogP contribution < -0.4 is 0 Å². The fourth-order valence-corrected chi connectivity index (χ4v) is 4.63. The molecule has 1 heterocycles. The van der Waals surface area contributed by atoms with Gasteiger partial charge in [-0.05, 0) is 12.8 Å². The van der Waals surface area contributed by atoms with Gasteiger partial charge >= 0.3 is 16.4 Å². The molecular formula is C25H48O12S. The van der Waals surface area contributed by atoms with E-state index in [0.29, 0.717) is 13.0 Å². The van der Waals surface area contributed by atoms with E-state index >= 15 is 0 Å². The van der Waals surface area contributed by atoms with E-state index in [0.717, 1.165) is 19.3 Å². The summed E-state index contributed by atoms with van der Waals surface area (Å²) in [7, 11) is -5.03. The summed E-state index contributed by atoms with van der Waals surface area (Å²) in [5.74, 6) is -0.454. The Morgan fingerprint density at radius 1 is 0.895 bits per heavy atom. The van der Waals surface area contributed by atoms with Gasteiger partial charge in [-0.1, -0.05) is 71.6 Å². The molecule has 0 aromatic heterocycles. The summed E-state index contributed by atoms with van der Waals surface area (Å²) in [5, 5.41) is 30.0. The summed E-state index contributed by atoms with van der Waals surface area (Å²) >= 11 is 0. The normalized spacial score (nSPS) is 24.8. The van der Waals surface area contributed by atoms with Crippen LogP contribution in [0.5, 0.6) is 0 Å². The summed E-state index contributed by atoms with van der Waals surface area (Å²) in [6.45, 7) is 3.53. The van der Waals surface area contributed by atoms with Gasteiger partial charge in [-0.15, -0.1) is 0 Å². The first-order valence-electron chi connectivity index (χ1n) is 13.8. The maximum absolute atomic E-state index is 12.0. The summed E-state index contributed by atoms with van der Waals surface area (Å²) < 4.78 is 57.5. The van der Waals surface area contributed by atoms with Gasteiger partial charge in [0.05, 0.1) is 19.8 Å². The molecule has 0 aromatic carbocycles. The molecule has 0 amide bonds. The molecule has 0 aromatic rings. The number of hydrogen-bond acceptors (Lipinski definition) is 11. The van der Waals surface area contributed by atoms with Gasteiger partial charge in [0, 0.05) is 13.0 Å². The highest BCUT2D eigenvalue weighted by Crippen LogP contribution is 2.25. The summed E-state index contributed by atoms with van der Waals surface area (Å²) in [6, 6.07) is 0. The zero-order valence-electron chi connectivity index (χ0n) is 22.7. The zero-order chi connectivity index (χ0) is 28.4. The number of carbonyl (C=O) groups excluding carboxylic acids is 1. The minimum absolute atomic E-state index is 0.0344. The molecule has 4 N–H and O–H groups in total. The standard InChI is InChI=1S/C25H48O12S/c1-3-5-6-7-8-9-10-11-12-13-15-33-17-19(35-21(27)14-4-2)18-34-25-23(29)24(37-38(30,31)32)22(28)20(16-26)36-25/h19-20,22-26,28-29H,3-18H2,1-2H3,(H,30,31,32). The number of aliphatic hydroxyl groups excluding tert-OH is 3. The van der Waals surface area contributed by atoms with Crippen molar-refractivity contribution in [2.45, 2.75) is 128 Å². The molecule has 1 aliphatic rings. The van der Waals surface area contributed by atoms with Crippen LogP contribution in [0.4, 0.5) is 0 Å². The first-order chi connectivity index (χ1) is 18.1. The molecule has 1 rings (SSSR count). The third kappa shape index (κ3) is 15.0. The van der Waals surface area contributed by atoms with Gasteiger partial charge in [-0.25, -0.2) is 4.18 Å². The van der Waals surface area contributed by atoms with Gasteiger partial charge in [0.2, 0.25) is 0 Å². The Morgan fingerprint density at radius 2 is 1.50 bits per heavy atom. The van der Waals surface area contributed by atoms with Gasteiger partial charge < -0.3 is 34.3 Å². The summed E-state index contributed by atoms with van der Waals surface area (Å²) in [5.41, 5.74) is 0. The molecule has 6 atom stereocenters. The van der Waals surface area contributed by atoms with Gasteiger partial charge in [0.1, 0.15) is 30.5 Å².